The van der Waals surface area contributed by atoms with Crippen LogP contribution in [-0.2, 0) is 0 Å². The number of carbonyl (C=O) groups is 1. The first kappa shape index (κ1) is 15.9. The van der Waals surface area contributed by atoms with Gasteiger partial charge in [-0.15, -0.1) is 0 Å². The number of benzene rings is 2. The van der Waals surface area contributed by atoms with E-state index < -0.39 is 5.82 Å². The van der Waals surface area contributed by atoms with Crippen molar-refractivity contribution in [1.29, 1.82) is 0 Å². The van der Waals surface area contributed by atoms with Gasteiger partial charge in [0.05, 0.1) is 11.4 Å². The number of nitrogens with one attached hydrogen (secondary N) is 1. The summed E-state index contributed by atoms with van der Waals surface area (Å²) in [6.45, 7) is 3.80. The number of anilines is 1. The normalized spacial score (nSPS) is 10.5. The van der Waals surface area contributed by atoms with E-state index >= 15 is 0 Å². The molecule has 0 saturated heterocycles. The zero-order chi connectivity index (χ0) is 17.1. The molecule has 0 aliphatic heterocycles. The van der Waals surface area contributed by atoms with Gasteiger partial charge in [-0.3, -0.25) is 9.78 Å². The third-order valence-corrected chi connectivity index (χ3v) is 3.73. The number of hydrogen-bond donors (Lipinski definition) is 1. The second-order valence-electron chi connectivity index (χ2n) is 5.73. The monoisotopic (exact) mass is 320 g/mol. The Balaban J connectivity index is 1.79. The third kappa shape index (κ3) is 3.49. The van der Waals surface area contributed by atoms with Crippen molar-refractivity contribution in [2.24, 2.45) is 0 Å². The first-order valence-corrected chi connectivity index (χ1v) is 7.63. The second-order valence-corrected chi connectivity index (χ2v) is 5.73. The van der Waals surface area contributed by atoms with E-state index in [1.54, 1.807) is 37.4 Å². The molecule has 0 saturated carbocycles. The van der Waals surface area contributed by atoms with Gasteiger partial charge in [0.2, 0.25) is 0 Å². The topological polar surface area (TPSA) is 42.0 Å². The lowest BCUT2D eigenvalue weighted by Crippen LogP contribution is -2.12. The average molecular weight is 320 g/mol. The first-order valence-electron chi connectivity index (χ1n) is 7.63. The smallest absolute Gasteiger partial charge is 0.255 e. The van der Waals surface area contributed by atoms with E-state index in [2.05, 4.69) is 10.3 Å². The van der Waals surface area contributed by atoms with Gasteiger partial charge in [0.1, 0.15) is 5.82 Å². The number of rotatable bonds is 3. The van der Waals surface area contributed by atoms with E-state index in [0.29, 0.717) is 5.56 Å². The average Bonchev–Trinajstić information content (AvgIpc) is 2.57. The van der Waals surface area contributed by atoms with E-state index in [0.717, 1.165) is 22.4 Å². The summed E-state index contributed by atoms with van der Waals surface area (Å²) < 4.78 is 13.8. The fraction of sp³-hybridized carbons (Fsp3) is 0.100. The molecule has 1 heterocycles. The van der Waals surface area contributed by atoms with Crippen molar-refractivity contribution in [3.05, 3.63) is 83.3 Å². The second kappa shape index (κ2) is 6.62. The molecule has 0 spiro atoms. The Hall–Kier alpha value is -3.01. The first-order chi connectivity index (χ1) is 11.5. The molecule has 0 aliphatic rings. The summed E-state index contributed by atoms with van der Waals surface area (Å²) >= 11 is 0. The van der Waals surface area contributed by atoms with Crippen molar-refractivity contribution >= 4 is 11.6 Å². The number of amides is 1. The van der Waals surface area contributed by atoms with Gasteiger partial charge in [0.25, 0.3) is 5.91 Å². The number of carbonyl (C=O) groups excluding carboxylic acids is 1. The van der Waals surface area contributed by atoms with Gasteiger partial charge < -0.3 is 5.32 Å². The van der Waals surface area contributed by atoms with Crippen molar-refractivity contribution in [2.75, 3.05) is 5.32 Å². The molecule has 1 N–H and O–H groups in total. The molecule has 1 amide bonds. The van der Waals surface area contributed by atoms with Gasteiger partial charge in [0, 0.05) is 17.3 Å². The summed E-state index contributed by atoms with van der Waals surface area (Å²) in [4.78, 5) is 16.6. The van der Waals surface area contributed by atoms with Crippen LogP contribution in [0.25, 0.3) is 11.3 Å². The number of nitrogens with zero attached hydrogens (tertiary/aromatic N) is 1. The van der Waals surface area contributed by atoms with Gasteiger partial charge in [-0.1, -0.05) is 18.2 Å². The fourth-order valence-electron chi connectivity index (χ4n) is 2.40. The van der Waals surface area contributed by atoms with Gasteiger partial charge >= 0.3 is 0 Å². The molecule has 3 nitrogen and oxygen atoms in total. The highest BCUT2D eigenvalue weighted by Gasteiger charge is 2.10. The zero-order valence-electron chi connectivity index (χ0n) is 13.5. The van der Waals surface area contributed by atoms with Crippen LogP contribution in [0, 0.1) is 19.7 Å². The van der Waals surface area contributed by atoms with E-state index in [1.807, 2.05) is 31.2 Å². The molecule has 0 radical (unpaired) electrons. The van der Waals surface area contributed by atoms with Crippen LogP contribution >= 0.6 is 0 Å². The Morgan fingerprint density at radius 3 is 2.33 bits per heavy atom. The maximum absolute atomic E-state index is 13.8. The van der Waals surface area contributed by atoms with Crippen molar-refractivity contribution in [1.82, 2.24) is 4.98 Å². The zero-order valence-corrected chi connectivity index (χ0v) is 13.5. The minimum atomic E-state index is -0.441. The van der Waals surface area contributed by atoms with Crippen LogP contribution in [-0.4, -0.2) is 10.9 Å². The number of halogens is 1. The minimum absolute atomic E-state index is 0.176. The van der Waals surface area contributed by atoms with Gasteiger partial charge in [-0.05, 0) is 61.4 Å². The SMILES string of the molecule is Cc1ccnc(-c2ccc(C(=O)Nc3ccc(C)cc3F)cc2)c1. The lowest BCUT2D eigenvalue weighted by molar-refractivity contribution is 0.102. The fourth-order valence-corrected chi connectivity index (χ4v) is 2.40. The van der Waals surface area contributed by atoms with E-state index in [-0.39, 0.29) is 11.6 Å². The van der Waals surface area contributed by atoms with Crippen LogP contribution in [0.15, 0.2) is 60.8 Å². The summed E-state index contributed by atoms with van der Waals surface area (Å²) in [7, 11) is 0. The highest BCUT2D eigenvalue weighted by atomic mass is 19.1. The molecule has 1 aromatic heterocycles. The lowest BCUT2D eigenvalue weighted by Gasteiger charge is -2.08. The van der Waals surface area contributed by atoms with Crippen LogP contribution < -0.4 is 5.32 Å². The van der Waals surface area contributed by atoms with E-state index in [9.17, 15) is 9.18 Å². The quantitative estimate of drug-likeness (QED) is 0.756. The molecular formula is C20H17FN2O. The Labute approximate surface area is 140 Å². The van der Waals surface area contributed by atoms with Gasteiger partial charge in [-0.25, -0.2) is 4.39 Å². The minimum Gasteiger partial charge on any atom is -0.319 e. The number of pyridine rings is 1. The van der Waals surface area contributed by atoms with Crippen LogP contribution in [0.5, 0.6) is 0 Å². The maximum Gasteiger partial charge on any atom is 0.255 e. The van der Waals surface area contributed by atoms with Crippen molar-refractivity contribution in [3.8, 4) is 11.3 Å². The summed E-state index contributed by atoms with van der Waals surface area (Å²) in [5.41, 5.74) is 4.35. The van der Waals surface area contributed by atoms with E-state index in [1.165, 1.54) is 6.07 Å². The molecule has 0 fully saturated rings. The number of hydrogen-bond acceptors (Lipinski definition) is 2. The largest absolute Gasteiger partial charge is 0.319 e. The molecular weight excluding hydrogens is 303 g/mol. The molecule has 3 rings (SSSR count). The predicted octanol–water partition coefficient (Wildman–Crippen LogP) is 4.76. The van der Waals surface area contributed by atoms with Crippen molar-refractivity contribution < 1.29 is 9.18 Å². The molecule has 120 valence electrons. The van der Waals surface area contributed by atoms with Crippen LogP contribution in [0.1, 0.15) is 21.5 Å². The molecule has 0 aliphatic carbocycles. The highest BCUT2D eigenvalue weighted by molar-refractivity contribution is 6.04. The lowest BCUT2D eigenvalue weighted by atomic mass is 10.1. The molecule has 24 heavy (non-hydrogen) atoms. The third-order valence-electron chi connectivity index (χ3n) is 3.73. The molecule has 4 heteroatoms. The standard InChI is InChI=1S/C20H17FN2O/c1-13-3-8-18(17(21)11-13)23-20(24)16-6-4-15(5-7-16)19-12-14(2)9-10-22-19/h3-12H,1-2H3,(H,23,24). The summed E-state index contributed by atoms with van der Waals surface area (Å²) in [6, 6.07) is 15.7. The highest BCUT2D eigenvalue weighted by Crippen LogP contribution is 2.20. The van der Waals surface area contributed by atoms with Crippen LogP contribution in [0.3, 0.4) is 0 Å². The Morgan fingerprint density at radius 2 is 1.67 bits per heavy atom. The van der Waals surface area contributed by atoms with Gasteiger partial charge in [0.15, 0.2) is 0 Å². The Bertz CT molecular complexity index is 888. The van der Waals surface area contributed by atoms with Crippen molar-refractivity contribution in [3.63, 3.8) is 0 Å². The summed E-state index contributed by atoms with van der Waals surface area (Å²) in [5.74, 6) is -0.787. The molecule has 0 bridgehead atoms. The predicted molar refractivity (Wildman–Crippen MR) is 93.5 cm³/mol. The summed E-state index contributed by atoms with van der Waals surface area (Å²) in [6.07, 6.45) is 1.76. The van der Waals surface area contributed by atoms with Gasteiger partial charge in [-0.2, -0.15) is 0 Å². The maximum atomic E-state index is 13.8. The molecule has 0 atom stereocenters. The Kier molecular flexibility index (Phi) is 4.38. The van der Waals surface area contributed by atoms with Crippen molar-refractivity contribution in [2.45, 2.75) is 13.8 Å². The van der Waals surface area contributed by atoms with E-state index in [4.69, 9.17) is 0 Å². The van der Waals surface area contributed by atoms with Crippen LogP contribution in [0.2, 0.25) is 0 Å². The van der Waals surface area contributed by atoms with Crippen LogP contribution in [0.4, 0.5) is 10.1 Å². The molecule has 0 unspecified atom stereocenters. The molecule has 3 aromatic rings. The number of aryl methyl sites for hydroxylation is 2. The molecule has 2 aromatic carbocycles. The summed E-state index contributed by atoms with van der Waals surface area (Å²) in [5, 5.41) is 2.59. The number of aromatic nitrogens is 1. The Morgan fingerprint density at radius 1 is 0.958 bits per heavy atom.